The van der Waals surface area contributed by atoms with Crippen LogP contribution in [-0.2, 0) is 14.3 Å². The van der Waals surface area contributed by atoms with Crippen molar-refractivity contribution >= 4 is 11.6 Å². The molecule has 0 radical (unpaired) electrons. The lowest BCUT2D eigenvalue weighted by Gasteiger charge is -2.28. The zero-order chi connectivity index (χ0) is 11.5. The van der Waals surface area contributed by atoms with Crippen LogP contribution in [0, 0.1) is 23.2 Å². The number of carbonyl (C=O) groups excluding carboxylic acids is 2. The smallest absolute Gasteiger partial charge is 0.207 e. The van der Waals surface area contributed by atoms with Crippen LogP contribution in [0.5, 0.6) is 0 Å². The molecular formula is C13H16O3. The highest BCUT2D eigenvalue weighted by molar-refractivity contribution is 6.16. The van der Waals surface area contributed by atoms with Crippen molar-refractivity contribution in [1.82, 2.24) is 0 Å². The van der Waals surface area contributed by atoms with Gasteiger partial charge in [-0.3, -0.25) is 9.59 Å². The molecule has 0 aromatic heterocycles. The average Bonchev–Trinajstić information content (AvgIpc) is 2.77. The molecule has 4 atom stereocenters. The Labute approximate surface area is 94.8 Å². The van der Waals surface area contributed by atoms with Crippen LogP contribution in [0.4, 0.5) is 0 Å². The molecular weight excluding hydrogens is 204 g/mol. The summed E-state index contributed by atoms with van der Waals surface area (Å²) in [6.45, 7) is 1.98. The minimum Gasteiger partial charge on any atom is -0.493 e. The lowest BCUT2D eigenvalue weighted by Crippen LogP contribution is -2.37. The number of Topliss-reactive ketones (excluding diaryl/α,β-unsaturated/α-hetero) is 2. The van der Waals surface area contributed by atoms with Crippen molar-refractivity contribution in [2.75, 3.05) is 7.11 Å². The zero-order valence-electron chi connectivity index (χ0n) is 9.66. The number of rotatable bonds is 1. The number of carbonyl (C=O) groups is 2. The van der Waals surface area contributed by atoms with Gasteiger partial charge in [0, 0.05) is 0 Å². The Morgan fingerprint density at radius 1 is 1.38 bits per heavy atom. The number of hydrogen-bond donors (Lipinski definition) is 0. The topological polar surface area (TPSA) is 43.4 Å². The fourth-order valence-electron chi connectivity index (χ4n) is 3.99. The van der Waals surface area contributed by atoms with Crippen LogP contribution in [0.15, 0.2) is 11.8 Å². The van der Waals surface area contributed by atoms with Crippen molar-refractivity contribution < 1.29 is 14.3 Å². The van der Waals surface area contributed by atoms with Crippen LogP contribution in [0.3, 0.4) is 0 Å². The highest BCUT2D eigenvalue weighted by Gasteiger charge is 2.63. The lowest BCUT2D eigenvalue weighted by molar-refractivity contribution is -0.136. The number of fused-ring (bicyclic) bond motifs is 5. The Hall–Kier alpha value is -1.12. The molecule has 3 aliphatic carbocycles. The second kappa shape index (κ2) is 2.96. The predicted molar refractivity (Wildman–Crippen MR) is 57.5 cm³/mol. The Morgan fingerprint density at radius 2 is 2.12 bits per heavy atom. The first-order chi connectivity index (χ1) is 7.59. The molecule has 3 aliphatic rings. The second-order valence-corrected chi connectivity index (χ2v) is 5.40. The number of ether oxygens (including phenoxy) is 1. The molecule has 2 saturated carbocycles. The van der Waals surface area contributed by atoms with Gasteiger partial charge in [0.25, 0.3) is 0 Å². The zero-order valence-corrected chi connectivity index (χ0v) is 9.66. The van der Waals surface area contributed by atoms with Crippen molar-refractivity contribution in [1.29, 1.82) is 0 Å². The third-order valence-corrected chi connectivity index (χ3v) is 4.76. The molecule has 0 heterocycles. The van der Waals surface area contributed by atoms with Gasteiger partial charge in [-0.15, -0.1) is 0 Å². The molecule has 0 N–H and O–H groups in total. The monoisotopic (exact) mass is 220 g/mol. The van der Waals surface area contributed by atoms with E-state index in [1.54, 1.807) is 6.08 Å². The summed E-state index contributed by atoms with van der Waals surface area (Å²) in [4.78, 5) is 24.4. The Bertz CT molecular complexity index is 409. The third kappa shape index (κ3) is 0.944. The fourth-order valence-corrected chi connectivity index (χ4v) is 3.99. The largest absolute Gasteiger partial charge is 0.493 e. The fraction of sp³-hybridized carbons (Fsp3) is 0.692. The molecule has 0 amide bonds. The van der Waals surface area contributed by atoms with Crippen LogP contribution >= 0.6 is 0 Å². The van der Waals surface area contributed by atoms with Crippen LogP contribution in [0.25, 0.3) is 0 Å². The highest BCUT2D eigenvalue weighted by Crippen LogP contribution is 2.59. The summed E-state index contributed by atoms with van der Waals surface area (Å²) in [5.41, 5.74) is -0.439. The van der Waals surface area contributed by atoms with E-state index in [1.165, 1.54) is 7.11 Å². The maximum absolute atomic E-state index is 12.3. The van der Waals surface area contributed by atoms with Gasteiger partial charge in [-0.05, 0) is 37.7 Å². The molecule has 3 heteroatoms. The van der Waals surface area contributed by atoms with E-state index in [4.69, 9.17) is 4.74 Å². The molecule has 2 fully saturated rings. The highest BCUT2D eigenvalue weighted by atomic mass is 16.5. The van der Waals surface area contributed by atoms with Crippen molar-refractivity contribution in [3.8, 4) is 0 Å². The summed E-state index contributed by atoms with van der Waals surface area (Å²) >= 11 is 0. The molecule has 2 bridgehead atoms. The van der Waals surface area contributed by atoms with Crippen LogP contribution in [-0.4, -0.2) is 18.7 Å². The van der Waals surface area contributed by atoms with Crippen molar-refractivity contribution in [3.05, 3.63) is 11.8 Å². The first kappa shape index (κ1) is 10.1. The van der Waals surface area contributed by atoms with E-state index in [0.717, 1.165) is 19.3 Å². The number of hydrogen-bond acceptors (Lipinski definition) is 3. The van der Waals surface area contributed by atoms with E-state index in [-0.39, 0.29) is 17.5 Å². The molecule has 86 valence electrons. The normalized spacial score (nSPS) is 45.6. The van der Waals surface area contributed by atoms with Crippen LogP contribution in [0.1, 0.15) is 26.2 Å². The van der Waals surface area contributed by atoms with E-state index >= 15 is 0 Å². The Balaban J connectivity index is 2.15. The minimum absolute atomic E-state index is 0.0839. The SMILES string of the molecule is COC1=C[C@]2(C)C(=O)[C@H](C1=O)C1CCC[C@@H]12. The predicted octanol–water partition coefficient (Wildman–Crippen LogP) is 1.72. The summed E-state index contributed by atoms with van der Waals surface area (Å²) in [6.07, 6.45) is 5.03. The summed E-state index contributed by atoms with van der Waals surface area (Å²) in [7, 11) is 1.51. The van der Waals surface area contributed by atoms with E-state index in [9.17, 15) is 9.59 Å². The molecule has 1 unspecified atom stereocenters. The quantitative estimate of drug-likeness (QED) is 0.632. The maximum Gasteiger partial charge on any atom is 0.207 e. The van der Waals surface area contributed by atoms with Gasteiger partial charge in [0.15, 0.2) is 11.5 Å². The number of ketones is 2. The van der Waals surface area contributed by atoms with E-state index < -0.39 is 11.3 Å². The minimum atomic E-state index is -0.439. The van der Waals surface area contributed by atoms with E-state index in [0.29, 0.717) is 11.7 Å². The van der Waals surface area contributed by atoms with Gasteiger partial charge in [0.2, 0.25) is 5.78 Å². The summed E-state index contributed by atoms with van der Waals surface area (Å²) in [5.74, 6) is 0.682. The Morgan fingerprint density at radius 3 is 2.81 bits per heavy atom. The van der Waals surface area contributed by atoms with E-state index in [2.05, 4.69) is 0 Å². The standard InChI is InChI=1S/C13H16O3/c1-13-6-9(16-2)11(14)10(12(13)15)7-4-3-5-8(7)13/h6-8,10H,3-5H2,1-2H3/t7?,8-,10-,13-/m0/s1. The van der Waals surface area contributed by atoms with Gasteiger partial charge in [-0.2, -0.15) is 0 Å². The maximum atomic E-state index is 12.3. The van der Waals surface area contributed by atoms with Crippen molar-refractivity contribution in [3.63, 3.8) is 0 Å². The lowest BCUT2D eigenvalue weighted by atomic mass is 9.75. The molecule has 0 spiro atoms. The van der Waals surface area contributed by atoms with Crippen LogP contribution in [0.2, 0.25) is 0 Å². The summed E-state index contributed by atoms with van der Waals surface area (Å²) in [5, 5.41) is 0. The molecule has 0 aromatic carbocycles. The van der Waals surface area contributed by atoms with Crippen molar-refractivity contribution in [2.45, 2.75) is 26.2 Å². The molecule has 3 rings (SSSR count). The summed E-state index contributed by atoms with van der Waals surface area (Å²) < 4.78 is 5.12. The molecule has 16 heavy (non-hydrogen) atoms. The Kier molecular flexibility index (Phi) is 1.86. The van der Waals surface area contributed by atoms with E-state index in [1.807, 2.05) is 6.92 Å². The van der Waals surface area contributed by atoms with Gasteiger partial charge in [0.05, 0.1) is 18.4 Å². The van der Waals surface area contributed by atoms with Gasteiger partial charge < -0.3 is 4.74 Å². The molecule has 0 aromatic rings. The van der Waals surface area contributed by atoms with Gasteiger partial charge >= 0.3 is 0 Å². The summed E-state index contributed by atoms with van der Waals surface area (Å²) in [6, 6.07) is 0. The first-order valence-corrected chi connectivity index (χ1v) is 5.95. The molecule has 0 saturated heterocycles. The third-order valence-electron chi connectivity index (χ3n) is 4.76. The number of methoxy groups -OCH3 is 1. The van der Waals surface area contributed by atoms with Crippen LogP contribution < -0.4 is 0 Å². The number of allylic oxidation sites excluding steroid dienone is 2. The van der Waals surface area contributed by atoms with Gasteiger partial charge in [-0.1, -0.05) is 6.42 Å². The average molecular weight is 220 g/mol. The molecule has 0 aliphatic heterocycles. The molecule has 3 nitrogen and oxygen atoms in total. The second-order valence-electron chi connectivity index (χ2n) is 5.40. The first-order valence-electron chi connectivity index (χ1n) is 5.95. The van der Waals surface area contributed by atoms with Crippen molar-refractivity contribution in [2.24, 2.45) is 23.2 Å². The van der Waals surface area contributed by atoms with Gasteiger partial charge in [0.1, 0.15) is 0 Å². The van der Waals surface area contributed by atoms with Gasteiger partial charge in [-0.25, -0.2) is 0 Å².